The van der Waals surface area contributed by atoms with E-state index in [1.807, 2.05) is 58.0 Å². The molecule has 8 bridgehead atoms. The summed E-state index contributed by atoms with van der Waals surface area (Å²) >= 11 is 0. The van der Waals surface area contributed by atoms with Gasteiger partial charge in [0.2, 0.25) is 0 Å². The van der Waals surface area contributed by atoms with Gasteiger partial charge in [0, 0.05) is 62.8 Å². The van der Waals surface area contributed by atoms with E-state index < -0.39 is 11.9 Å². The van der Waals surface area contributed by atoms with E-state index in [0.29, 0.717) is 24.2 Å². The summed E-state index contributed by atoms with van der Waals surface area (Å²) in [5.41, 5.74) is 13.7. The van der Waals surface area contributed by atoms with Crippen molar-refractivity contribution < 1.29 is 36.6 Å². The Balaban J connectivity index is 0.00000264. The first-order chi connectivity index (χ1) is 20.0. The molecular weight excluding hydrogens is 623 g/mol. The van der Waals surface area contributed by atoms with Crippen molar-refractivity contribution in [3.63, 3.8) is 0 Å². The molecule has 0 unspecified atom stereocenters. The zero-order valence-corrected chi connectivity index (χ0v) is 26.9. The van der Waals surface area contributed by atoms with Crippen molar-refractivity contribution in [2.75, 3.05) is 0 Å². The second-order valence-corrected chi connectivity index (χ2v) is 10.7. The van der Waals surface area contributed by atoms with Crippen LogP contribution in [0.25, 0.3) is 56.5 Å². The third-order valence-corrected chi connectivity index (χ3v) is 8.22. The smallest absolute Gasteiger partial charge is 0.303 e. The summed E-state index contributed by atoms with van der Waals surface area (Å²) in [5.74, 6) is -1.78. The molecule has 10 heteroatoms. The maximum atomic E-state index is 11.5. The summed E-state index contributed by atoms with van der Waals surface area (Å²) in [5, 5.41) is 18.9. The van der Waals surface area contributed by atoms with Crippen LogP contribution in [0.5, 0.6) is 0 Å². The largest absolute Gasteiger partial charge is 0.481 e. The second kappa shape index (κ2) is 13.6. The van der Waals surface area contributed by atoms with E-state index in [4.69, 9.17) is 9.97 Å². The fourth-order valence-electron chi connectivity index (χ4n) is 5.77. The Labute approximate surface area is 272 Å². The first-order valence-electron chi connectivity index (χ1n) is 13.9. The first-order valence-corrected chi connectivity index (χ1v) is 13.9. The van der Waals surface area contributed by atoms with Gasteiger partial charge in [-0.15, -0.1) is 12.4 Å². The summed E-state index contributed by atoms with van der Waals surface area (Å²) in [7, 11) is 0. The van der Waals surface area contributed by atoms with E-state index in [1.165, 1.54) is 0 Å². The number of aromatic amines is 2. The number of carbonyl (C=O) groups is 2. The van der Waals surface area contributed by atoms with E-state index in [-0.39, 0.29) is 42.0 Å². The van der Waals surface area contributed by atoms with Gasteiger partial charge in [-0.05, 0) is 98.2 Å². The molecule has 5 heterocycles. The molecule has 2 aliphatic heterocycles. The number of aliphatic carboxylic acids is 2. The molecule has 8 nitrogen and oxygen atoms in total. The number of fused-ring (bicyclic) bond motifs is 8. The van der Waals surface area contributed by atoms with Gasteiger partial charge in [0.15, 0.2) is 0 Å². The molecule has 0 aromatic carbocycles. The Bertz CT molecular complexity index is 1930. The minimum atomic E-state index is -0.889. The molecule has 4 N–H and O–H groups in total. The van der Waals surface area contributed by atoms with Crippen LogP contribution in [0.3, 0.4) is 0 Å². The average molecular weight is 658 g/mol. The molecule has 0 aliphatic carbocycles. The van der Waals surface area contributed by atoms with Gasteiger partial charge in [-0.1, -0.05) is 25.3 Å². The van der Waals surface area contributed by atoms with Crippen LogP contribution in [0, 0.1) is 13.8 Å². The third-order valence-electron chi connectivity index (χ3n) is 8.22. The van der Waals surface area contributed by atoms with Gasteiger partial charge in [0.05, 0.1) is 22.8 Å². The number of hydrogen-bond donors (Lipinski definition) is 4. The predicted octanol–water partition coefficient (Wildman–Crippen LogP) is 8.23. The zero-order chi connectivity index (χ0) is 30.3. The van der Waals surface area contributed by atoms with E-state index >= 15 is 0 Å². The van der Waals surface area contributed by atoms with Gasteiger partial charge in [-0.25, -0.2) is 9.97 Å². The maximum absolute atomic E-state index is 11.5. The molecule has 0 amide bonds. The number of nitrogens with one attached hydrogen (secondary N) is 2. The zero-order valence-electron chi connectivity index (χ0n) is 25.1. The van der Waals surface area contributed by atoms with Gasteiger partial charge in [-0.3, -0.25) is 9.59 Å². The summed E-state index contributed by atoms with van der Waals surface area (Å²) in [6.45, 7) is 16.1. The molecule has 0 saturated heterocycles. The summed E-state index contributed by atoms with van der Waals surface area (Å²) < 4.78 is 0. The van der Waals surface area contributed by atoms with Crippen LogP contribution in [0.1, 0.15) is 84.6 Å². The van der Waals surface area contributed by atoms with Gasteiger partial charge < -0.3 is 20.2 Å². The number of aromatic nitrogens is 4. The van der Waals surface area contributed by atoms with Gasteiger partial charge in [0.25, 0.3) is 0 Å². The predicted molar refractivity (Wildman–Crippen MR) is 177 cm³/mol. The summed E-state index contributed by atoms with van der Waals surface area (Å²) in [6, 6.07) is 7.88. The van der Waals surface area contributed by atoms with E-state index in [1.54, 1.807) is 0 Å². The number of allylic oxidation sites excluding steroid dienone is 4. The number of nitrogens with zero attached hydrogens (tertiary/aromatic N) is 2. The monoisotopic (exact) mass is 657 g/mol. The van der Waals surface area contributed by atoms with Crippen molar-refractivity contribution in [1.82, 2.24) is 19.9 Å². The number of halogens is 1. The van der Waals surface area contributed by atoms with Gasteiger partial charge >= 0.3 is 11.9 Å². The molecule has 5 rings (SSSR count). The Morgan fingerprint density at radius 2 is 1.07 bits per heavy atom. The van der Waals surface area contributed by atoms with Crippen LogP contribution in [0.4, 0.5) is 0 Å². The van der Waals surface area contributed by atoms with Crippen molar-refractivity contribution in [1.29, 1.82) is 0 Å². The van der Waals surface area contributed by atoms with Crippen LogP contribution in [-0.2, 0) is 26.4 Å². The fraction of sp³-hybridized carbons (Fsp3) is 0.235. The van der Waals surface area contributed by atoms with E-state index in [0.717, 1.165) is 78.0 Å². The summed E-state index contributed by atoms with van der Waals surface area (Å²) in [6.07, 6.45) is 4.20. The van der Waals surface area contributed by atoms with Crippen molar-refractivity contribution in [2.45, 2.75) is 53.4 Å². The Morgan fingerprint density at radius 1 is 0.682 bits per heavy atom. The standard InChI is InChI=1S/C34H34N4O4.ClH.Co/c1-7-21-17(3)25-13-26-19(5)23(9-11-33(39)40)31(37-26)16-32-24(10-12-34(41)42)20(6)28(38-32)15-30-22(8-2)18(4)27(36-30)14-29(21)35-25;;/h7-8,13-16,35-36H,1-2,9-12H2,3-6H3,(H,39,40)(H,41,42);1H;. The molecule has 0 spiro atoms. The molecule has 231 valence electrons. The molecule has 0 saturated carbocycles. The molecule has 0 fully saturated rings. The van der Waals surface area contributed by atoms with E-state index in [9.17, 15) is 19.8 Å². The van der Waals surface area contributed by atoms with Crippen LogP contribution >= 0.6 is 12.4 Å². The molecule has 1 radical (unpaired) electrons. The normalized spacial score (nSPS) is 12.5. The molecule has 3 aromatic rings. The number of hydrogen-bond acceptors (Lipinski definition) is 4. The number of rotatable bonds is 8. The number of aryl methyl sites for hydroxylation is 2. The molecule has 44 heavy (non-hydrogen) atoms. The second-order valence-electron chi connectivity index (χ2n) is 10.7. The van der Waals surface area contributed by atoms with Crippen molar-refractivity contribution in [2.24, 2.45) is 0 Å². The first kappa shape index (κ1) is 34.3. The molecule has 2 aliphatic rings. The van der Waals surface area contributed by atoms with Crippen molar-refractivity contribution >= 4 is 80.9 Å². The van der Waals surface area contributed by atoms with Crippen LogP contribution in [0.15, 0.2) is 37.4 Å². The van der Waals surface area contributed by atoms with E-state index in [2.05, 4.69) is 29.2 Å². The topological polar surface area (TPSA) is 132 Å². The molecule has 3 aromatic heterocycles. The number of carboxylic acids is 2. The average Bonchev–Trinajstić information content (AvgIpc) is 3.59. The fourth-order valence-corrected chi connectivity index (χ4v) is 5.77. The number of H-pyrrole nitrogens is 2. The Morgan fingerprint density at radius 3 is 1.48 bits per heavy atom. The number of carboxylic acid groups (broad SMARTS) is 2. The van der Waals surface area contributed by atoms with Crippen LogP contribution in [-0.4, -0.2) is 42.1 Å². The van der Waals surface area contributed by atoms with Crippen LogP contribution < -0.4 is 0 Å². The maximum Gasteiger partial charge on any atom is 0.303 e. The van der Waals surface area contributed by atoms with Crippen molar-refractivity contribution in [3.05, 3.63) is 82.5 Å². The molecule has 0 atom stereocenters. The minimum Gasteiger partial charge on any atom is -0.481 e. The quantitative estimate of drug-likeness (QED) is 0.193. The third kappa shape index (κ3) is 6.35. The van der Waals surface area contributed by atoms with Crippen molar-refractivity contribution in [3.8, 4) is 0 Å². The molecular formula is C34H35ClCoN4O4. The summed E-state index contributed by atoms with van der Waals surface area (Å²) in [4.78, 5) is 40.0. The van der Waals surface area contributed by atoms with Gasteiger partial charge in [0.1, 0.15) is 0 Å². The Hall–Kier alpha value is -4.18. The Kier molecular flexibility index (Phi) is 10.6. The SMILES string of the molecule is C=Cc1c(C)c2cc3[nH]c(cc4nc(cc5nc(cc1[nH]2)C(C)=C5CCC(=O)O)C(CCC(=O)O)=C4C)c(C)c3C=C.Cl.[Co]. The van der Waals surface area contributed by atoms with Gasteiger partial charge in [-0.2, -0.15) is 0 Å². The minimum absolute atomic E-state index is 0. The van der Waals surface area contributed by atoms with Crippen LogP contribution in [0.2, 0.25) is 0 Å².